The molecule has 0 aromatic heterocycles. The average molecular weight is 216 g/mol. The zero-order valence-corrected chi connectivity index (χ0v) is 11.1. The van der Waals surface area contributed by atoms with Crippen molar-refractivity contribution in [3.63, 3.8) is 0 Å². The molecule has 90 valence electrons. The van der Waals surface area contributed by atoms with Gasteiger partial charge in [0.1, 0.15) is 12.3 Å². The monoisotopic (exact) mass is 216 g/mol. The largest absolute Gasteiger partial charge is 0.370 e. The van der Waals surface area contributed by atoms with Crippen molar-refractivity contribution >= 4 is 5.78 Å². The maximum absolute atomic E-state index is 10.9. The number of ketones is 1. The molecule has 3 heteroatoms. The molecule has 0 amide bonds. The normalized spacial score (nSPS) is 12.9. The van der Waals surface area contributed by atoms with Gasteiger partial charge in [-0.15, -0.1) is 0 Å². The van der Waals surface area contributed by atoms with Crippen molar-refractivity contribution in [1.29, 1.82) is 0 Å². The average Bonchev–Trinajstić information content (AvgIpc) is 1.98. The van der Waals surface area contributed by atoms with E-state index in [-0.39, 0.29) is 11.4 Å². The van der Waals surface area contributed by atoms with E-state index < -0.39 is 0 Å². The van der Waals surface area contributed by atoms with Crippen molar-refractivity contribution in [3.05, 3.63) is 0 Å². The first kappa shape index (κ1) is 14.6. The zero-order valence-electron chi connectivity index (χ0n) is 11.1. The Morgan fingerprint density at radius 1 is 1.20 bits per heavy atom. The molecule has 0 saturated heterocycles. The van der Waals surface area contributed by atoms with Crippen molar-refractivity contribution < 1.29 is 14.0 Å². The molecule has 0 radical (unpaired) electrons. The minimum atomic E-state index is -0.0689. The summed E-state index contributed by atoms with van der Waals surface area (Å²) in [5, 5.41) is 0. The maximum Gasteiger partial charge on any atom is 0.135 e. The van der Waals surface area contributed by atoms with Crippen LogP contribution in [0.25, 0.3) is 0 Å². The summed E-state index contributed by atoms with van der Waals surface area (Å²) in [5.41, 5.74) is -0.0689. The van der Waals surface area contributed by atoms with Crippen LogP contribution in [-0.4, -0.2) is 49.7 Å². The molecule has 0 fully saturated rings. The minimum absolute atomic E-state index is 0.0689. The SMILES string of the molecule is CC(=O)CC[N+](C)(C)CCOC(C)(C)C. The van der Waals surface area contributed by atoms with Crippen LogP contribution in [0.15, 0.2) is 0 Å². The highest BCUT2D eigenvalue weighted by molar-refractivity contribution is 5.75. The van der Waals surface area contributed by atoms with Gasteiger partial charge in [0.2, 0.25) is 0 Å². The molecule has 0 aromatic carbocycles. The van der Waals surface area contributed by atoms with E-state index in [0.717, 1.165) is 24.2 Å². The number of ether oxygens (including phenoxy) is 1. The Morgan fingerprint density at radius 2 is 1.73 bits per heavy atom. The van der Waals surface area contributed by atoms with Crippen LogP contribution in [0.2, 0.25) is 0 Å². The van der Waals surface area contributed by atoms with Crippen LogP contribution in [0.3, 0.4) is 0 Å². The third kappa shape index (κ3) is 9.88. The zero-order chi connectivity index (χ0) is 12.1. The van der Waals surface area contributed by atoms with E-state index in [9.17, 15) is 4.79 Å². The molecule has 15 heavy (non-hydrogen) atoms. The molecule has 0 aliphatic carbocycles. The summed E-state index contributed by atoms with van der Waals surface area (Å²) in [6, 6.07) is 0. The van der Waals surface area contributed by atoms with Crippen LogP contribution in [0.1, 0.15) is 34.1 Å². The first-order valence-electron chi connectivity index (χ1n) is 5.58. The van der Waals surface area contributed by atoms with Gasteiger partial charge < -0.3 is 9.22 Å². The fourth-order valence-corrected chi connectivity index (χ4v) is 1.17. The van der Waals surface area contributed by atoms with Crippen molar-refractivity contribution in [2.45, 2.75) is 39.7 Å². The molecule has 0 bridgehead atoms. The Balaban J connectivity index is 3.78. The molecule has 0 spiro atoms. The lowest BCUT2D eigenvalue weighted by Gasteiger charge is -2.31. The van der Waals surface area contributed by atoms with Crippen LogP contribution in [0, 0.1) is 0 Å². The first-order valence-corrected chi connectivity index (χ1v) is 5.58. The number of carbonyl (C=O) groups excluding carboxylic acids is 1. The summed E-state index contributed by atoms with van der Waals surface area (Å²) in [5.74, 6) is 0.262. The molecule has 0 aliphatic heterocycles. The van der Waals surface area contributed by atoms with E-state index in [1.165, 1.54) is 0 Å². The van der Waals surface area contributed by atoms with Gasteiger partial charge in [-0.3, -0.25) is 4.79 Å². The van der Waals surface area contributed by atoms with E-state index in [2.05, 4.69) is 34.9 Å². The van der Waals surface area contributed by atoms with E-state index in [0.29, 0.717) is 6.42 Å². The van der Waals surface area contributed by atoms with Crippen LogP contribution >= 0.6 is 0 Å². The number of rotatable bonds is 6. The first-order chi connectivity index (χ1) is 6.62. The van der Waals surface area contributed by atoms with E-state index >= 15 is 0 Å². The summed E-state index contributed by atoms with van der Waals surface area (Å²) in [6.07, 6.45) is 0.655. The van der Waals surface area contributed by atoms with Gasteiger partial charge in [0.15, 0.2) is 0 Å². The van der Waals surface area contributed by atoms with Crippen LogP contribution in [-0.2, 0) is 9.53 Å². The molecule has 0 unspecified atom stereocenters. The number of likely N-dealkylation sites (N-methyl/N-ethyl adjacent to an activating group) is 1. The molecule has 0 saturated carbocycles. The van der Waals surface area contributed by atoms with Gasteiger partial charge in [-0.1, -0.05) is 0 Å². The van der Waals surface area contributed by atoms with Gasteiger partial charge in [0.25, 0.3) is 0 Å². The van der Waals surface area contributed by atoms with Crippen molar-refractivity contribution in [1.82, 2.24) is 0 Å². The Kier molecular flexibility index (Phi) is 5.46. The maximum atomic E-state index is 10.9. The van der Waals surface area contributed by atoms with E-state index in [4.69, 9.17) is 4.74 Å². The molecule has 0 N–H and O–H groups in total. The third-order valence-electron chi connectivity index (χ3n) is 2.30. The lowest BCUT2D eigenvalue weighted by Crippen LogP contribution is -2.44. The van der Waals surface area contributed by atoms with Gasteiger partial charge in [0.05, 0.1) is 39.3 Å². The highest BCUT2D eigenvalue weighted by Crippen LogP contribution is 2.08. The second-order valence-corrected chi connectivity index (χ2v) is 5.80. The van der Waals surface area contributed by atoms with Gasteiger partial charge >= 0.3 is 0 Å². The summed E-state index contributed by atoms with van der Waals surface area (Å²) >= 11 is 0. The number of hydrogen-bond acceptors (Lipinski definition) is 2. The molecule has 0 heterocycles. The third-order valence-corrected chi connectivity index (χ3v) is 2.30. The number of quaternary nitrogens is 1. The molecule has 3 nitrogen and oxygen atoms in total. The topological polar surface area (TPSA) is 26.3 Å². The molecule has 0 atom stereocenters. The Labute approximate surface area is 94.0 Å². The smallest absolute Gasteiger partial charge is 0.135 e. The summed E-state index contributed by atoms with van der Waals surface area (Å²) in [4.78, 5) is 10.9. The van der Waals surface area contributed by atoms with Crippen LogP contribution in [0.5, 0.6) is 0 Å². The van der Waals surface area contributed by atoms with Crippen LogP contribution < -0.4 is 0 Å². The molecule has 0 aromatic rings. The number of nitrogens with zero attached hydrogens (tertiary/aromatic N) is 1. The lowest BCUT2D eigenvalue weighted by molar-refractivity contribution is -0.890. The van der Waals surface area contributed by atoms with Gasteiger partial charge in [-0.05, 0) is 27.7 Å². The predicted molar refractivity (Wildman–Crippen MR) is 62.8 cm³/mol. The lowest BCUT2D eigenvalue weighted by atomic mass is 10.2. The van der Waals surface area contributed by atoms with Crippen molar-refractivity contribution in [3.8, 4) is 0 Å². The molecule has 0 rings (SSSR count). The van der Waals surface area contributed by atoms with E-state index in [1.807, 2.05) is 0 Å². The fraction of sp³-hybridized carbons (Fsp3) is 0.917. The number of Topliss-reactive ketones (excluding diaryl/α,β-unsaturated/α-hetero) is 1. The standard InChI is InChI=1S/C12H26NO2/c1-11(14)7-8-13(5,6)9-10-15-12(2,3)4/h7-10H2,1-6H3/q+1. The highest BCUT2D eigenvalue weighted by Gasteiger charge is 2.17. The number of carbonyl (C=O) groups is 1. The Bertz CT molecular complexity index is 204. The highest BCUT2D eigenvalue weighted by atomic mass is 16.5. The van der Waals surface area contributed by atoms with E-state index in [1.54, 1.807) is 6.92 Å². The summed E-state index contributed by atoms with van der Waals surface area (Å²) < 4.78 is 6.51. The van der Waals surface area contributed by atoms with Crippen LogP contribution in [0.4, 0.5) is 0 Å². The molecule has 0 aliphatic rings. The number of hydrogen-bond donors (Lipinski definition) is 0. The van der Waals surface area contributed by atoms with Gasteiger partial charge in [-0.2, -0.15) is 0 Å². The Morgan fingerprint density at radius 3 is 2.13 bits per heavy atom. The van der Waals surface area contributed by atoms with Gasteiger partial charge in [-0.25, -0.2) is 0 Å². The predicted octanol–water partition coefficient (Wildman–Crippen LogP) is 1.86. The second-order valence-electron chi connectivity index (χ2n) is 5.80. The Hall–Kier alpha value is -0.410. The minimum Gasteiger partial charge on any atom is -0.370 e. The molecular formula is C12H26NO2+. The second kappa shape index (κ2) is 5.61. The summed E-state index contributed by atoms with van der Waals surface area (Å²) in [6.45, 7) is 10.4. The molecular weight excluding hydrogens is 190 g/mol. The summed E-state index contributed by atoms with van der Waals surface area (Å²) in [7, 11) is 4.27. The fourth-order valence-electron chi connectivity index (χ4n) is 1.17. The van der Waals surface area contributed by atoms with Crippen molar-refractivity contribution in [2.75, 3.05) is 33.8 Å². The van der Waals surface area contributed by atoms with Gasteiger partial charge in [0, 0.05) is 0 Å². The quantitative estimate of drug-likeness (QED) is 0.633. The van der Waals surface area contributed by atoms with Crippen molar-refractivity contribution in [2.24, 2.45) is 0 Å².